The van der Waals surface area contributed by atoms with E-state index in [1.165, 1.54) is 0 Å². The van der Waals surface area contributed by atoms with Gasteiger partial charge in [0.25, 0.3) is 5.88 Å². The second-order valence-corrected chi connectivity index (χ2v) is 9.66. The van der Waals surface area contributed by atoms with Gasteiger partial charge in [0, 0.05) is 19.4 Å². The average Bonchev–Trinajstić information content (AvgIpc) is 3.41. The number of carbonyl (C=O) groups excluding carboxylic acids is 4. The molecule has 36 heavy (non-hydrogen) atoms. The number of cyclic esters (lactones) is 1. The standard InChI is InChI=1S/C23H23FN4O8/c1-9-7-28-16-11(6-23(18(28)10(2)34-9)20(30)25-22(32)26-21(23)31)5-13-17(15(16)24)36-27-19(13)33-8-12-3-4-14(29)35-12/h5,9-10,12,18H,3-4,6-8H2,1-2H3,(H2,25,26,30,31,32)/t9-,10+,12+,18-/m1/s1. The summed E-state index contributed by atoms with van der Waals surface area (Å²) in [5, 5.41) is 8.47. The first kappa shape index (κ1) is 22.7. The summed E-state index contributed by atoms with van der Waals surface area (Å²) >= 11 is 0. The minimum absolute atomic E-state index is 0.00209. The SMILES string of the molecule is C[C@@H]1CN2c3c(cc4c(OC[C@@H]5CCC(=O)O5)noc4c3F)CC3(C(=O)NC(=O)NC3=O)[C@H]2[C@H](C)O1. The number of morpholine rings is 1. The fraction of sp³-hybridized carbons (Fsp3) is 0.522. The van der Waals surface area contributed by atoms with E-state index in [0.717, 1.165) is 0 Å². The lowest BCUT2D eigenvalue weighted by Crippen LogP contribution is -2.75. The number of esters is 1. The Morgan fingerprint density at radius 3 is 2.67 bits per heavy atom. The molecule has 2 N–H and O–H groups in total. The van der Waals surface area contributed by atoms with Gasteiger partial charge in [-0.25, -0.2) is 9.18 Å². The van der Waals surface area contributed by atoms with Crippen LogP contribution < -0.4 is 20.3 Å². The maximum Gasteiger partial charge on any atom is 0.328 e. The molecule has 4 aliphatic heterocycles. The van der Waals surface area contributed by atoms with Gasteiger partial charge in [0.1, 0.15) is 12.7 Å². The summed E-state index contributed by atoms with van der Waals surface area (Å²) in [6, 6.07) is -0.202. The smallest absolute Gasteiger partial charge is 0.328 e. The fourth-order valence-electron chi connectivity index (χ4n) is 5.90. The lowest BCUT2D eigenvalue weighted by molar-refractivity contribution is -0.153. The van der Waals surface area contributed by atoms with Crippen LogP contribution in [0.25, 0.3) is 11.0 Å². The molecule has 1 aromatic heterocycles. The molecule has 5 heterocycles. The predicted molar refractivity (Wildman–Crippen MR) is 118 cm³/mol. The molecule has 4 amide bonds. The third-order valence-electron chi connectivity index (χ3n) is 7.31. The molecule has 6 rings (SSSR count). The Hall–Kier alpha value is -3.74. The molecule has 2 aromatic rings. The molecule has 3 fully saturated rings. The number of ether oxygens (including phenoxy) is 3. The maximum atomic E-state index is 16.0. The predicted octanol–water partition coefficient (Wildman–Crippen LogP) is 0.942. The lowest BCUT2D eigenvalue weighted by atomic mass is 9.66. The van der Waals surface area contributed by atoms with Crippen molar-refractivity contribution in [1.82, 2.24) is 15.8 Å². The molecule has 0 aliphatic carbocycles. The van der Waals surface area contributed by atoms with Gasteiger partial charge in [-0.2, -0.15) is 0 Å². The molecule has 3 saturated heterocycles. The molecule has 1 aromatic carbocycles. The summed E-state index contributed by atoms with van der Waals surface area (Å²) < 4.78 is 38.1. The molecule has 4 aliphatic rings. The number of barbiturate groups is 1. The Morgan fingerprint density at radius 1 is 1.22 bits per heavy atom. The third kappa shape index (κ3) is 3.18. The van der Waals surface area contributed by atoms with Crippen LogP contribution in [0.3, 0.4) is 0 Å². The van der Waals surface area contributed by atoms with E-state index in [1.54, 1.807) is 17.9 Å². The van der Waals surface area contributed by atoms with Crippen LogP contribution in [0.1, 0.15) is 32.3 Å². The van der Waals surface area contributed by atoms with Crippen molar-refractivity contribution in [2.24, 2.45) is 5.41 Å². The van der Waals surface area contributed by atoms with Crippen molar-refractivity contribution in [3.8, 4) is 5.88 Å². The van der Waals surface area contributed by atoms with Gasteiger partial charge in [-0.15, -0.1) is 0 Å². The summed E-state index contributed by atoms with van der Waals surface area (Å²) in [6.45, 7) is 3.74. The van der Waals surface area contributed by atoms with Crippen LogP contribution in [-0.2, 0) is 30.3 Å². The summed E-state index contributed by atoms with van der Waals surface area (Å²) in [7, 11) is 0. The van der Waals surface area contributed by atoms with Gasteiger partial charge in [-0.3, -0.25) is 25.0 Å². The molecule has 190 valence electrons. The van der Waals surface area contributed by atoms with Crippen LogP contribution >= 0.6 is 0 Å². The number of fused-ring (bicyclic) bond motifs is 5. The van der Waals surface area contributed by atoms with E-state index in [2.05, 4.69) is 15.8 Å². The minimum Gasteiger partial charge on any atom is -0.471 e. The number of carbonyl (C=O) groups is 4. The van der Waals surface area contributed by atoms with Crippen LogP contribution in [0.2, 0.25) is 0 Å². The Bertz CT molecular complexity index is 1300. The summed E-state index contributed by atoms with van der Waals surface area (Å²) in [5.74, 6) is -2.56. The molecule has 13 heteroatoms. The monoisotopic (exact) mass is 502 g/mol. The van der Waals surface area contributed by atoms with Gasteiger partial charge in [-0.1, -0.05) is 0 Å². The van der Waals surface area contributed by atoms with E-state index in [-0.39, 0.29) is 54.2 Å². The van der Waals surface area contributed by atoms with Gasteiger partial charge in [0.05, 0.1) is 29.3 Å². The van der Waals surface area contributed by atoms with E-state index in [9.17, 15) is 19.2 Å². The van der Waals surface area contributed by atoms with Gasteiger partial charge in [0.2, 0.25) is 17.4 Å². The lowest BCUT2D eigenvalue weighted by Gasteiger charge is -2.55. The molecular formula is C23H23FN4O8. The first-order valence-electron chi connectivity index (χ1n) is 11.7. The quantitative estimate of drug-likeness (QED) is 0.459. The third-order valence-corrected chi connectivity index (χ3v) is 7.31. The van der Waals surface area contributed by atoms with Crippen LogP contribution in [0.5, 0.6) is 5.88 Å². The second kappa shape index (κ2) is 7.88. The number of hydrogen-bond donors (Lipinski definition) is 2. The van der Waals surface area contributed by atoms with Crippen molar-refractivity contribution >= 4 is 40.5 Å². The van der Waals surface area contributed by atoms with Crippen molar-refractivity contribution in [2.45, 2.75) is 57.5 Å². The van der Waals surface area contributed by atoms with Crippen molar-refractivity contribution in [3.63, 3.8) is 0 Å². The zero-order valence-corrected chi connectivity index (χ0v) is 19.5. The second-order valence-electron chi connectivity index (χ2n) is 9.66. The van der Waals surface area contributed by atoms with E-state index in [4.69, 9.17) is 18.7 Å². The number of rotatable bonds is 3. The van der Waals surface area contributed by atoms with Crippen molar-refractivity contribution in [2.75, 3.05) is 18.1 Å². The van der Waals surface area contributed by atoms with Crippen molar-refractivity contribution < 1.29 is 42.3 Å². The Kier molecular flexibility index (Phi) is 4.97. The fourth-order valence-corrected chi connectivity index (χ4v) is 5.90. The van der Waals surface area contributed by atoms with E-state index >= 15 is 4.39 Å². The minimum atomic E-state index is -1.74. The van der Waals surface area contributed by atoms with Crippen LogP contribution in [-0.4, -0.2) is 66.5 Å². The topological polar surface area (TPSA) is 149 Å². The van der Waals surface area contributed by atoms with Crippen molar-refractivity contribution in [1.29, 1.82) is 0 Å². The molecule has 4 atom stereocenters. The number of urea groups is 1. The van der Waals surface area contributed by atoms with E-state index < -0.39 is 47.3 Å². The number of anilines is 1. The van der Waals surface area contributed by atoms with E-state index in [0.29, 0.717) is 18.4 Å². The highest BCUT2D eigenvalue weighted by molar-refractivity contribution is 6.20. The van der Waals surface area contributed by atoms with Gasteiger partial charge < -0.3 is 23.6 Å². The number of aromatic nitrogens is 1. The Morgan fingerprint density at radius 2 is 1.97 bits per heavy atom. The highest BCUT2D eigenvalue weighted by atomic mass is 19.1. The van der Waals surface area contributed by atoms with Crippen LogP contribution in [0, 0.1) is 11.2 Å². The zero-order valence-electron chi connectivity index (χ0n) is 19.5. The van der Waals surface area contributed by atoms with Crippen LogP contribution in [0.15, 0.2) is 10.6 Å². The first-order chi connectivity index (χ1) is 17.2. The number of imide groups is 2. The van der Waals surface area contributed by atoms with Crippen molar-refractivity contribution in [3.05, 3.63) is 17.4 Å². The first-order valence-corrected chi connectivity index (χ1v) is 11.7. The summed E-state index contributed by atoms with van der Waals surface area (Å²) in [5.41, 5.74) is -1.33. The molecule has 12 nitrogen and oxygen atoms in total. The molecule has 1 spiro atoms. The number of halogens is 1. The maximum absolute atomic E-state index is 16.0. The van der Waals surface area contributed by atoms with Crippen LogP contribution in [0.4, 0.5) is 14.9 Å². The van der Waals surface area contributed by atoms with Gasteiger partial charge >= 0.3 is 12.0 Å². The number of hydrogen-bond acceptors (Lipinski definition) is 10. The molecule has 0 unspecified atom stereocenters. The highest BCUT2D eigenvalue weighted by Crippen LogP contribution is 2.49. The number of nitrogens with zero attached hydrogens (tertiary/aromatic N) is 2. The number of nitrogens with one attached hydrogen (secondary N) is 2. The van der Waals surface area contributed by atoms with Gasteiger partial charge in [-0.05, 0) is 37.1 Å². The molecular weight excluding hydrogens is 479 g/mol. The number of benzene rings is 1. The summed E-state index contributed by atoms with van der Waals surface area (Å²) in [6.07, 6.45) is -0.799. The van der Waals surface area contributed by atoms with E-state index in [1.807, 2.05) is 6.92 Å². The Labute approximate surface area is 203 Å². The average molecular weight is 502 g/mol. The Balaban J connectivity index is 1.46. The molecule has 0 saturated carbocycles. The zero-order chi connectivity index (χ0) is 25.4. The summed E-state index contributed by atoms with van der Waals surface area (Å²) in [4.78, 5) is 51.4. The highest BCUT2D eigenvalue weighted by Gasteiger charge is 2.63. The number of amides is 4. The molecule has 0 bridgehead atoms. The molecule has 0 radical (unpaired) electrons. The van der Waals surface area contributed by atoms with Gasteiger partial charge in [0.15, 0.2) is 11.2 Å². The normalized spacial score (nSPS) is 29.0. The largest absolute Gasteiger partial charge is 0.471 e.